The highest BCUT2D eigenvalue weighted by atomic mass is 32.2. The van der Waals surface area contributed by atoms with E-state index in [0.717, 1.165) is 11.1 Å². The van der Waals surface area contributed by atoms with Gasteiger partial charge in [0.1, 0.15) is 5.75 Å². The first-order chi connectivity index (χ1) is 13.2. The van der Waals surface area contributed by atoms with Gasteiger partial charge in [-0.1, -0.05) is 29.8 Å². The van der Waals surface area contributed by atoms with Gasteiger partial charge in [0.2, 0.25) is 0 Å². The van der Waals surface area contributed by atoms with Gasteiger partial charge in [-0.2, -0.15) is 0 Å². The second kappa shape index (κ2) is 8.23. The summed E-state index contributed by atoms with van der Waals surface area (Å²) in [7, 11) is -7.23. The smallest absolute Gasteiger partial charge is 0.183 e. The monoisotopic (exact) mass is 423 g/mol. The number of hydrogen-bond donors (Lipinski definition) is 1. The normalized spacial score (nSPS) is 21.5. The molecule has 0 aliphatic carbocycles. The first kappa shape index (κ1) is 20.8. The Hall–Kier alpha value is -1.90. The molecule has 1 aliphatic heterocycles. The molecule has 0 saturated carbocycles. The van der Waals surface area contributed by atoms with Gasteiger partial charge in [-0.05, 0) is 43.7 Å². The Morgan fingerprint density at radius 3 is 2.46 bits per heavy atom. The summed E-state index contributed by atoms with van der Waals surface area (Å²) in [6.07, 6.45) is 0. The van der Waals surface area contributed by atoms with Crippen molar-refractivity contribution in [2.75, 3.05) is 18.1 Å². The van der Waals surface area contributed by atoms with Crippen LogP contribution in [-0.4, -0.2) is 46.2 Å². The van der Waals surface area contributed by atoms with E-state index in [1.165, 1.54) is 12.1 Å². The van der Waals surface area contributed by atoms with Crippen molar-refractivity contribution < 1.29 is 21.6 Å². The predicted octanol–water partition coefficient (Wildman–Crippen LogP) is 2.12. The maximum absolute atomic E-state index is 13.1. The summed E-state index contributed by atoms with van der Waals surface area (Å²) < 4.78 is 56.0. The van der Waals surface area contributed by atoms with Crippen molar-refractivity contribution in [3.63, 3.8) is 0 Å². The number of ether oxygens (including phenoxy) is 1. The third-order valence-electron chi connectivity index (χ3n) is 4.81. The van der Waals surface area contributed by atoms with Crippen LogP contribution < -0.4 is 10.1 Å². The molecule has 0 unspecified atom stereocenters. The number of aryl methyl sites for hydroxylation is 1. The molecule has 2 atom stereocenters. The van der Waals surface area contributed by atoms with Gasteiger partial charge in [-0.3, -0.25) is 0 Å². The molecule has 152 valence electrons. The van der Waals surface area contributed by atoms with Gasteiger partial charge in [-0.15, -0.1) is 0 Å². The predicted molar refractivity (Wildman–Crippen MR) is 109 cm³/mol. The van der Waals surface area contributed by atoms with Crippen LogP contribution in [0.3, 0.4) is 0 Å². The first-order valence-corrected chi connectivity index (χ1v) is 12.5. The molecule has 0 spiro atoms. The topological polar surface area (TPSA) is 89.5 Å². The lowest BCUT2D eigenvalue weighted by Gasteiger charge is -2.20. The molecule has 1 N–H and O–H groups in total. The summed E-state index contributed by atoms with van der Waals surface area (Å²) >= 11 is 0. The summed E-state index contributed by atoms with van der Waals surface area (Å²) in [5.41, 5.74) is 2.08. The lowest BCUT2D eigenvalue weighted by atomic mass is 10.1. The zero-order valence-electron chi connectivity index (χ0n) is 16.0. The zero-order chi connectivity index (χ0) is 20.4. The fourth-order valence-corrected chi connectivity index (χ4v) is 8.17. The molecule has 6 nitrogen and oxygen atoms in total. The second-order valence-electron chi connectivity index (χ2n) is 7.04. The molecule has 3 rings (SSSR count). The van der Waals surface area contributed by atoms with Crippen LogP contribution in [0.4, 0.5) is 0 Å². The van der Waals surface area contributed by atoms with Crippen molar-refractivity contribution in [2.24, 2.45) is 0 Å². The standard InChI is InChI=1S/C20H25NO5S2/c1-3-26-17-7-9-18(10-8-17)28(24,25)20-14-27(22,23)13-19(20)21-12-16-6-4-5-15(2)11-16/h4-11,19-21H,3,12-14H2,1-2H3/t19-,20-/m1/s1. The zero-order valence-corrected chi connectivity index (χ0v) is 17.6. The van der Waals surface area contributed by atoms with E-state index < -0.39 is 31.0 Å². The average molecular weight is 424 g/mol. The van der Waals surface area contributed by atoms with Crippen LogP contribution in [0, 0.1) is 6.92 Å². The average Bonchev–Trinajstić information content (AvgIpc) is 2.96. The van der Waals surface area contributed by atoms with Crippen molar-refractivity contribution >= 4 is 19.7 Å². The lowest BCUT2D eigenvalue weighted by molar-refractivity contribution is 0.340. The van der Waals surface area contributed by atoms with Gasteiger partial charge >= 0.3 is 0 Å². The van der Waals surface area contributed by atoms with Crippen LogP contribution in [0.15, 0.2) is 53.4 Å². The Morgan fingerprint density at radius 1 is 1.11 bits per heavy atom. The molecule has 0 radical (unpaired) electrons. The summed E-state index contributed by atoms with van der Waals surface area (Å²) in [4.78, 5) is 0.111. The third-order valence-corrected chi connectivity index (χ3v) is 8.98. The summed E-state index contributed by atoms with van der Waals surface area (Å²) in [6.45, 7) is 4.72. The van der Waals surface area contributed by atoms with Gasteiger partial charge < -0.3 is 10.1 Å². The first-order valence-electron chi connectivity index (χ1n) is 9.17. The lowest BCUT2D eigenvalue weighted by Crippen LogP contribution is -2.43. The summed E-state index contributed by atoms with van der Waals surface area (Å²) in [5.74, 6) is 0.0305. The molecule has 2 aromatic carbocycles. The Morgan fingerprint density at radius 2 is 1.82 bits per heavy atom. The van der Waals surface area contributed by atoms with E-state index in [2.05, 4.69) is 5.32 Å². The maximum Gasteiger partial charge on any atom is 0.183 e. The number of nitrogens with one attached hydrogen (secondary N) is 1. The van der Waals surface area contributed by atoms with Crippen molar-refractivity contribution in [3.8, 4) is 5.75 Å². The quantitative estimate of drug-likeness (QED) is 0.734. The molecular weight excluding hydrogens is 398 g/mol. The van der Waals surface area contributed by atoms with Crippen LogP contribution in [0.25, 0.3) is 0 Å². The highest BCUT2D eigenvalue weighted by Crippen LogP contribution is 2.27. The minimum absolute atomic E-state index is 0.111. The van der Waals surface area contributed by atoms with Gasteiger partial charge in [0.15, 0.2) is 19.7 Å². The van der Waals surface area contributed by atoms with Gasteiger partial charge in [-0.25, -0.2) is 16.8 Å². The molecule has 8 heteroatoms. The van der Waals surface area contributed by atoms with Crippen LogP contribution in [0.1, 0.15) is 18.1 Å². The van der Waals surface area contributed by atoms with Gasteiger partial charge in [0, 0.05) is 12.6 Å². The molecule has 2 aromatic rings. The number of rotatable bonds is 7. The Bertz CT molecular complexity index is 1030. The number of benzene rings is 2. The number of hydrogen-bond acceptors (Lipinski definition) is 6. The molecule has 1 saturated heterocycles. The molecule has 1 fully saturated rings. The van der Waals surface area contributed by atoms with E-state index in [1.807, 2.05) is 38.1 Å². The van der Waals surface area contributed by atoms with Gasteiger partial charge in [0.25, 0.3) is 0 Å². The molecule has 28 heavy (non-hydrogen) atoms. The van der Waals surface area contributed by atoms with E-state index >= 15 is 0 Å². The van der Waals surface area contributed by atoms with Crippen LogP contribution >= 0.6 is 0 Å². The molecule has 0 amide bonds. The van der Waals surface area contributed by atoms with Crippen molar-refractivity contribution in [1.82, 2.24) is 5.32 Å². The number of sulfone groups is 2. The van der Waals surface area contributed by atoms with Crippen molar-refractivity contribution in [3.05, 3.63) is 59.7 Å². The Kier molecular flexibility index (Phi) is 6.12. The minimum atomic E-state index is -3.80. The van der Waals surface area contributed by atoms with Crippen molar-refractivity contribution in [2.45, 2.75) is 36.6 Å². The second-order valence-corrected chi connectivity index (χ2v) is 11.4. The van der Waals surface area contributed by atoms with Crippen molar-refractivity contribution in [1.29, 1.82) is 0 Å². The van der Waals surface area contributed by atoms with E-state index in [-0.39, 0.29) is 16.4 Å². The molecule has 0 bridgehead atoms. The molecule has 1 aliphatic rings. The molecular formula is C20H25NO5S2. The largest absolute Gasteiger partial charge is 0.494 e. The fourth-order valence-electron chi connectivity index (χ4n) is 3.45. The van der Waals surface area contributed by atoms with Crippen LogP contribution in [0.2, 0.25) is 0 Å². The molecule has 1 heterocycles. The van der Waals surface area contributed by atoms with Crippen LogP contribution in [-0.2, 0) is 26.2 Å². The highest BCUT2D eigenvalue weighted by molar-refractivity contribution is 7.96. The third kappa shape index (κ3) is 4.74. The fraction of sp³-hybridized carbons (Fsp3) is 0.400. The molecule has 0 aromatic heterocycles. The van der Waals surface area contributed by atoms with Gasteiger partial charge in [0.05, 0.1) is 28.3 Å². The van der Waals surface area contributed by atoms with E-state index in [9.17, 15) is 16.8 Å². The highest BCUT2D eigenvalue weighted by Gasteiger charge is 2.45. The van der Waals surface area contributed by atoms with Crippen LogP contribution in [0.5, 0.6) is 5.75 Å². The Labute approximate surface area is 166 Å². The SMILES string of the molecule is CCOc1ccc(S(=O)(=O)[C@@H]2CS(=O)(=O)C[C@H]2NCc2cccc(C)c2)cc1. The van der Waals surface area contributed by atoms with E-state index in [1.54, 1.807) is 12.1 Å². The van der Waals surface area contributed by atoms with E-state index in [0.29, 0.717) is 18.9 Å². The minimum Gasteiger partial charge on any atom is -0.494 e. The van der Waals surface area contributed by atoms with E-state index in [4.69, 9.17) is 4.74 Å². The summed E-state index contributed by atoms with van der Waals surface area (Å²) in [5, 5.41) is 2.14. The Balaban J connectivity index is 1.82. The summed E-state index contributed by atoms with van der Waals surface area (Å²) in [6, 6.07) is 13.3. The maximum atomic E-state index is 13.1.